The van der Waals surface area contributed by atoms with Gasteiger partial charge < -0.3 is 14.8 Å². The Bertz CT molecular complexity index is 980. The van der Waals surface area contributed by atoms with E-state index in [0.29, 0.717) is 16.7 Å². The molecule has 0 aromatic heterocycles. The summed E-state index contributed by atoms with van der Waals surface area (Å²) in [6.45, 7) is 0.167. The van der Waals surface area contributed by atoms with Crippen LogP contribution in [-0.2, 0) is 9.53 Å². The maximum Gasteiger partial charge on any atom is 0.411 e. The van der Waals surface area contributed by atoms with Crippen LogP contribution in [0.1, 0.15) is 19.3 Å². The third-order valence-corrected chi connectivity index (χ3v) is 6.37. The van der Waals surface area contributed by atoms with Crippen LogP contribution in [0.25, 0.3) is 0 Å². The number of rotatable bonds is 7. The van der Waals surface area contributed by atoms with Crippen LogP contribution in [0.5, 0.6) is 5.75 Å². The molecule has 3 aliphatic rings. The maximum atomic E-state index is 13.5. The van der Waals surface area contributed by atoms with Gasteiger partial charge in [-0.3, -0.25) is 10.1 Å². The molecule has 31 heavy (non-hydrogen) atoms. The zero-order chi connectivity index (χ0) is 22.0. The van der Waals surface area contributed by atoms with Gasteiger partial charge in [0.15, 0.2) is 6.61 Å². The highest BCUT2D eigenvalue weighted by Gasteiger charge is 2.56. The van der Waals surface area contributed by atoms with Gasteiger partial charge in [0.1, 0.15) is 11.6 Å². The molecule has 0 aliphatic heterocycles. The third kappa shape index (κ3) is 5.22. The van der Waals surface area contributed by atoms with E-state index >= 15 is 0 Å². The van der Waals surface area contributed by atoms with Gasteiger partial charge in [-0.1, -0.05) is 23.2 Å². The summed E-state index contributed by atoms with van der Waals surface area (Å²) >= 11 is 11.5. The Morgan fingerprint density at radius 3 is 2.55 bits per heavy atom. The molecule has 0 saturated heterocycles. The van der Waals surface area contributed by atoms with Crippen molar-refractivity contribution in [3.05, 3.63) is 58.3 Å². The molecule has 3 saturated carbocycles. The fraction of sp³-hybridized carbons (Fsp3) is 0.364. The first-order valence-electron chi connectivity index (χ1n) is 9.90. The molecule has 1 unspecified atom stereocenters. The molecule has 2 bridgehead atoms. The number of carbonyl (C=O) groups is 2. The monoisotopic (exact) mass is 466 g/mol. The number of fused-ring (bicyclic) bond motifs is 1. The van der Waals surface area contributed by atoms with Gasteiger partial charge in [0.2, 0.25) is 0 Å². The molecule has 2 amide bonds. The van der Waals surface area contributed by atoms with Gasteiger partial charge in [0, 0.05) is 16.2 Å². The molecule has 164 valence electrons. The predicted molar refractivity (Wildman–Crippen MR) is 115 cm³/mol. The lowest BCUT2D eigenvalue weighted by Crippen LogP contribution is -2.53. The highest BCUT2D eigenvalue weighted by Crippen LogP contribution is 2.55. The van der Waals surface area contributed by atoms with Gasteiger partial charge in [-0.15, -0.1) is 0 Å². The standard InChI is InChI=1S/C22H21Cl2FN2O4/c23-15-1-4-17(5-2-15)30-12-20(28)27-22-8-13(9-22)14(10-22)11-31-21(29)26-16-3-6-18(24)19(25)7-16/h1-7,13-14H,8-12H2,(H,26,29)(H,27,28). The number of hydrogen-bond donors (Lipinski definition) is 2. The molecule has 0 radical (unpaired) electrons. The Kier molecular flexibility index (Phi) is 6.25. The van der Waals surface area contributed by atoms with E-state index in [1.165, 1.54) is 12.1 Å². The van der Waals surface area contributed by atoms with Gasteiger partial charge in [-0.25, -0.2) is 9.18 Å². The van der Waals surface area contributed by atoms with Crippen LogP contribution in [0.3, 0.4) is 0 Å². The number of anilines is 1. The lowest BCUT2D eigenvalue weighted by Gasteiger charge is -2.39. The van der Waals surface area contributed by atoms with E-state index in [-0.39, 0.29) is 41.3 Å². The van der Waals surface area contributed by atoms with Gasteiger partial charge in [0.05, 0.1) is 11.6 Å². The van der Waals surface area contributed by atoms with Crippen LogP contribution in [0.4, 0.5) is 14.9 Å². The molecule has 2 aromatic carbocycles. The van der Waals surface area contributed by atoms with Crippen molar-refractivity contribution < 1.29 is 23.5 Å². The third-order valence-electron chi connectivity index (χ3n) is 5.81. The van der Waals surface area contributed by atoms with Crippen LogP contribution in [0.15, 0.2) is 42.5 Å². The molecular formula is C22H21Cl2FN2O4. The number of benzene rings is 2. The van der Waals surface area contributed by atoms with Crippen LogP contribution >= 0.6 is 23.2 Å². The molecule has 2 aromatic rings. The van der Waals surface area contributed by atoms with Crippen molar-refractivity contribution in [3.8, 4) is 5.75 Å². The maximum absolute atomic E-state index is 13.5. The first-order valence-corrected chi connectivity index (χ1v) is 10.7. The Labute approximate surface area is 189 Å². The van der Waals surface area contributed by atoms with E-state index in [9.17, 15) is 14.0 Å². The normalized spacial score (nSPS) is 23.6. The van der Waals surface area contributed by atoms with Gasteiger partial charge >= 0.3 is 6.09 Å². The minimum Gasteiger partial charge on any atom is -0.484 e. The first kappa shape index (κ1) is 21.7. The molecule has 3 fully saturated rings. The van der Waals surface area contributed by atoms with E-state index in [4.69, 9.17) is 32.7 Å². The van der Waals surface area contributed by atoms with E-state index in [1.807, 2.05) is 0 Å². The molecule has 5 rings (SSSR count). The number of hydrogen-bond acceptors (Lipinski definition) is 4. The Morgan fingerprint density at radius 2 is 1.84 bits per heavy atom. The van der Waals surface area contributed by atoms with Gasteiger partial charge in [-0.2, -0.15) is 0 Å². The quantitative estimate of drug-likeness (QED) is 0.598. The summed E-state index contributed by atoms with van der Waals surface area (Å²) in [5.74, 6) is 0.350. The number of halogens is 3. The van der Waals surface area contributed by atoms with Crippen molar-refractivity contribution >= 4 is 40.9 Å². The number of carbonyl (C=O) groups excluding carboxylic acids is 2. The molecular weight excluding hydrogens is 446 g/mol. The summed E-state index contributed by atoms with van der Waals surface area (Å²) in [5, 5.41) is 6.14. The fourth-order valence-corrected chi connectivity index (χ4v) is 4.63. The predicted octanol–water partition coefficient (Wildman–Crippen LogP) is 5.04. The molecule has 6 nitrogen and oxygen atoms in total. The van der Waals surface area contributed by atoms with Crippen molar-refractivity contribution in [2.24, 2.45) is 11.8 Å². The molecule has 3 aliphatic carbocycles. The van der Waals surface area contributed by atoms with E-state index in [0.717, 1.165) is 25.3 Å². The molecule has 1 atom stereocenters. The summed E-state index contributed by atoms with van der Waals surface area (Å²) in [6.07, 6.45) is 1.81. The number of nitrogens with one attached hydrogen (secondary N) is 2. The SMILES string of the molecule is O=C(COc1ccc(Cl)cc1)NC12CC(COC(=O)Nc3ccc(Cl)c(F)c3)C(C1)C2. The molecule has 2 N–H and O–H groups in total. The van der Waals surface area contributed by atoms with Crippen LogP contribution in [-0.4, -0.2) is 30.8 Å². The van der Waals surface area contributed by atoms with Crippen molar-refractivity contribution in [2.45, 2.75) is 24.8 Å². The largest absolute Gasteiger partial charge is 0.484 e. The van der Waals surface area contributed by atoms with Crippen molar-refractivity contribution in [2.75, 3.05) is 18.5 Å². The smallest absolute Gasteiger partial charge is 0.411 e. The lowest BCUT2D eigenvalue weighted by molar-refractivity contribution is -0.125. The second-order valence-corrected chi connectivity index (χ2v) is 8.90. The van der Waals surface area contributed by atoms with E-state index in [2.05, 4.69) is 10.6 Å². The summed E-state index contributed by atoms with van der Waals surface area (Å²) in [4.78, 5) is 24.3. The van der Waals surface area contributed by atoms with Gasteiger partial charge in [0.25, 0.3) is 5.91 Å². The average molecular weight is 467 g/mol. The van der Waals surface area contributed by atoms with Gasteiger partial charge in [-0.05, 0) is 73.6 Å². The van der Waals surface area contributed by atoms with Crippen LogP contribution in [0.2, 0.25) is 10.0 Å². The Hall–Kier alpha value is -2.51. The second kappa shape index (κ2) is 8.93. The summed E-state index contributed by atoms with van der Waals surface area (Å²) in [7, 11) is 0. The number of ether oxygens (including phenoxy) is 2. The zero-order valence-electron chi connectivity index (χ0n) is 16.5. The zero-order valence-corrected chi connectivity index (χ0v) is 18.0. The Balaban J connectivity index is 1.20. The number of amides is 2. The van der Waals surface area contributed by atoms with Crippen LogP contribution < -0.4 is 15.4 Å². The van der Waals surface area contributed by atoms with E-state index in [1.54, 1.807) is 24.3 Å². The van der Waals surface area contributed by atoms with Crippen molar-refractivity contribution in [1.82, 2.24) is 5.32 Å². The van der Waals surface area contributed by atoms with Crippen LogP contribution in [0, 0.1) is 17.7 Å². The molecule has 0 heterocycles. The second-order valence-electron chi connectivity index (χ2n) is 8.06. The van der Waals surface area contributed by atoms with Crippen molar-refractivity contribution in [1.29, 1.82) is 0 Å². The average Bonchev–Trinajstić information content (AvgIpc) is 3.23. The minimum atomic E-state index is -0.653. The minimum absolute atomic E-state index is 0.0180. The van der Waals surface area contributed by atoms with E-state index < -0.39 is 11.9 Å². The fourth-order valence-electron chi connectivity index (χ4n) is 4.38. The summed E-state index contributed by atoms with van der Waals surface area (Å²) in [5.41, 5.74) is 0.0154. The first-order chi connectivity index (χ1) is 14.8. The highest BCUT2D eigenvalue weighted by atomic mass is 35.5. The molecule has 9 heteroatoms. The topological polar surface area (TPSA) is 76.7 Å². The summed E-state index contributed by atoms with van der Waals surface area (Å²) < 4.78 is 24.3. The Morgan fingerprint density at radius 1 is 1.10 bits per heavy atom. The lowest BCUT2D eigenvalue weighted by atomic mass is 9.76. The summed E-state index contributed by atoms with van der Waals surface area (Å²) in [6, 6.07) is 10.8. The van der Waals surface area contributed by atoms with Crippen molar-refractivity contribution in [3.63, 3.8) is 0 Å². The molecule has 0 spiro atoms. The highest BCUT2D eigenvalue weighted by molar-refractivity contribution is 6.31.